The smallest absolute Gasteiger partial charge is 0.319 e. The molecule has 0 bridgehead atoms. The SMILES string of the molecule is CCc1c(Cc2ccccc2)nc(OC)nc1OC. The van der Waals surface area contributed by atoms with Gasteiger partial charge in [-0.3, -0.25) is 0 Å². The van der Waals surface area contributed by atoms with Crippen LogP contribution in [-0.4, -0.2) is 24.2 Å². The topological polar surface area (TPSA) is 44.2 Å². The highest BCUT2D eigenvalue weighted by atomic mass is 16.5. The van der Waals surface area contributed by atoms with Crippen LogP contribution in [0.5, 0.6) is 11.9 Å². The van der Waals surface area contributed by atoms with E-state index in [9.17, 15) is 0 Å². The first-order chi connectivity index (χ1) is 9.28. The molecular weight excluding hydrogens is 240 g/mol. The van der Waals surface area contributed by atoms with Crippen molar-refractivity contribution in [2.45, 2.75) is 19.8 Å². The van der Waals surface area contributed by atoms with Crippen molar-refractivity contribution in [2.24, 2.45) is 0 Å². The summed E-state index contributed by atoms with van der Waals surface area (Å²) in [6.07, 6.45) is 1.58. The van der Waals surface area contributed by atoms with Gasteiger partial charge in [0.05, 0.1) is 19.9 Å². The Hall–Kier alpha value is -2.10. The lowest BCUT2D eigenvalue weighted by atomic mass is 10.0. The van der Waals surface area contributed by atoms with E-state index in [2.05, 4.69) is 29.0 Å². The van der Waals surface area contributed by atoms with Gasteiger partial charge in [0.1, 0.15) is 0 Å². The minimum atomic E-state index is 0.347. The third-order valence-electron chi connectivity index (χ3n) is 2.98. The molecule has 0 saturated heterocycles. The summed E-state index contributed by atoms with van der Waals surface area (Å²) in [5, 5.41) is 0. The fourth-order valence-electron chi connectivity index (χ4n) is 2.04. The highest BCUT2D eigenvalue weighted by Crippen LogP contribution is 2.24. The van der Waals surface area contributed by atoms with E-state index in [4.69, 9.17) is 9.47 Å². The molecule has 1 heterocycles. The molecule has 0 N–H and O–H groups in total. The Balaban J connectivity index is 2.42. The summed E-state index contributed by atoms with van der Waals surface area (Å²) < 4.78 is 10.5. The van der Waals surface area contributed by atoms with Gasteiger partial charge in [-0.05, 0) is 12.0 Å². The van der Waals surface area contributed by atoms with Crippen LogP contribution in [0.25, 0.3) is 0 Å². The molecule has 0 spiro atoms. The Labute approximate surface area is 113 Å². The van der Waals surface area contributed by atoms with Crippen LogP contribution < -0.4 is 9.47 Å². The van der Waals surface area contributed by atoms with E-state index >= 15 is 0 Å². The van der Waals surface area contributed by atoms with Crippen LogP contribution >= 0.6 is 0 Å². The Morgan fingerprint density at radius 2 is 1.74 bits per heavy atom. The molecule has 100 valence electrons. The maximum Gasteiger partial charge on any atom is 0.319 e. The molecule has 0 saturated carbocycles. The van der Waals surface area contributed by atoms with E-state index in [1.807, 2.05) is 18.2 Å². The van der Waals surface area contributed by atoms with Gasteiger partial charge in [-0.2, -0.15) is 9.97 Å². The number of aromatic nitrogens is 2. The molecule has 0 unspecified atom stereocenters. The maximum absolute atomic E-state index is 5.33. The first-order valence-corrected chi connectivity index (χ1v) is 6.30. The zero-order valence-corrected chi connectivity index (χ0v) is 11.5. The Bertz CT molecular complexity index is 541. The first-order valence-electron chi connectivity index (χ1n) is 6.30. The number of ether oxygens (including phenoxy) is 2. The predicted molar refractivity (Wildman–Crippen MR) is 73.8 cm³/mol. The standard InChI is InChI=1S/C15H18N2O2/c1-4-12-13(10-11-8-6-5-7-9-11)16-15(19-3)17-14(12)18-2/h5-9H,4,10H2,1-3H3. The van der Waals surface area contributed by atoms with E-state index in [1.54, 1.807) is 14.2 Å². The second-order valence-electron chi connectivity index (χ2n) is 4.16. The average Bonchev–Trinajstić information content (AvgIpc) is 2.47. The van der Waals surface area contributed by atoms with E-state index in [0.29, 0.717) is 11.9 Å². The van der Waals surface area contributed by atoms with Crippen molar-refractivity contribution in [1.29, 1.82) is 0 Å². The number of hydrogen-bond acceptors (Lipinski definition) is 4. The normalized spacial score (nSPS) is 10.3. The predicted octanol–water partition coefficient (Wildman–Crippen LogP) is 2.65. The molecule has 1 aromatic carbocycles. The number of nitrogens with zero attached hydrogens (tertiary/aromatic N) is 2. The van der Waals surface area contributed by atoms with E-state index < -0.39 is 0 Å². The Morgan fingerprint density at radius 3 is 2.32 bits per heavy atom. The third kappa shape index (κ3) is 3.02. The lowest BCUT2D eigenvalue weighted by Gasteiger charge is -2.12. The van der Waals surface area contributed by atoms with Gasteiger partial charge in [-0.1, -0.05) is 37.3 Å². The zero-order valence-electron chi connectivity index (χ0n) is 11.5. The van der Waals surface area contributed by atoms with E-state index in [0.717, 1.165) is 24.1 Å². The molecule has 2 aromatic rings. The average molecular weight is 258 g/mol. The molecule has 4 heteroatoms. The summed E-state index contributed by atoms with van der Waals surface area (Å²) in [7, 11) is 3.18. The molecule has 0 atom stereocenters. The Kier molecular flexibility index (Phi) is 4.34. The fourth-order valence-corrected chi connectivity index (χ4v) is 2.04. The van der Waals surface area contributed by atoms with Gasteiger partial charge in [0.25, 0.3) is 0 Å². The summed E-state index contributed by atoms with van der Waals surface area (Å²) >= 11 is 0. The number of rotatable bonds is 5. The van der Waals surface area contributed by atoms with Crippen molar-refractivity contribution in [1.82, 2.24) is 9.97 Å². The largest absolute Gasteiger partial charge is 0.481 e. The van der Waals surface area contributed by atoms with Gasteiger partial charge < -0.3 is 9.47 Å². The van der Waals surface area contributed by atoms with Gasteiger partial charge in [0.2, 0.25) is 5.88 Å². The Morgan fingerprint density at radius 1 is 1.00 bits per heavy atom. The highest BCUT2D eigenvalue weighted by molar-refractivity contribution is 5.35. The summed E-state index contributed by atoms with van der Waals surface area (Å²) in [5.41, 5.74) is 3.20. The summed E-state index contributed by atoms with van der Waals surface area (Å²) in [4.78, 5) is 8.68. The lowest BCUT2D eigenvalue weighted by molar-refractivity contribution is 0.347. The van der Waals surface area contributed by atoms with E-state index in [-0.39, 0.29) is 0 Å². The minimum absolute atomic E-state index is 0.347. The lowest BCUT2D eigenvalue weighted by Crippen LogP contribution is -2.06. The molecular formula is C15H18N2O2. The molecule has 0 aliphatic heterocycles. The van der Waals surface area contributed by atoms with Gasteiger partial charge in [-0.15, -0.1) is 0 Å². The van der Waals surface area contributed by atoms with Crippen LogP contribution in [0.2, 0.25) is 0 Å². The molecule has 0 aliphatic rings. The molecule has 0 radical (unpaired) electrons. The molecule has 0 fully saturated rings. The van der Waals surface area contributed by atoms with Crippen molar-refractivity contribution >= 4 is 0 Å². The molecule has 19 heavy (non-hydrogen) atoms. The monoisotopic (exact) mass is 258 g/mol. The van der Waals surface area contributed by atoms with Crippen molar-refractivity contribution in [3.05, 3.63) is 47.2 Å². The highest BCUT2D eigenvalue weighted by Gasteiger charge is 2.14. The number of hydrogen-bond donors (Lipinski definition) is 0. The van der Waals surface area contributed by atoms with Crippen LogP contribution in [0, 0.1) is 0 Å². The first kappa shape index (κ1) is 13.3. The van der Waals surface area contributed by atoms with Gasteiger partial charge in [-0.25, -0.2) is 0 Å². The number of benzene rings is 1. The quantitative estimate of drug-likeness (QED) is 0.827. The molecule has 1 aromatic heterocycles. The van der Waals surface area contributed by atoms with Gasteiger partial charge in [0.15, 0.2) is 0 Å². The summed E-state index contributed by atoms with van der Waals surface area (Å²) in [6.45, 7) is 2.07. The van der Waals surface area contributed by atoms with Crippen molar-refractivity contribution in [3.8, 4) is 11.9 Å². The summed E-state index contributed by atoms with van der Waals surface area (Å²) in [6, 6.07) is 10.6. The van der Waals surface area contributed by atoms with Crippen LogP contribution in [0.4, 0.5) is 0 Å². The van der Waals surface area contributed by atoms with Crippen molar-refractivity contribution in [3.63, 3.8) is 0 Å². The number of methoxy groups -OCH3 is 2. The molecule has 2 rings (SSSR count). The van der Waals surface area contributed by atoms with Crippen LogP contribution in [-0.2, 0) is 12.8 Å². The van der Waals surface area contributed by atoms with Crippen LogP contribution in [0.1, 0.15) is 23.7 Å². The van der Waals surface area contributed by atoms with Crippen LogP contribution in [0.3, 0.4) is 0 Å². The second kappa shape index (κ2) is 6.18. The summed E-state index contributed by atoms with van der Waals surface area (Å²) in [5.74, 6) is 0.597. The molecule has 4 nitrogen and oxygen atoms in total. The van der Waals surface area contributed by atoms with Gasteiger partial charge in [0, 0.05) is 12.0 Å². The zero-order chi connectivity index (χ0) is 13.7. The minimum Gasteiger partial charge on any atom is -0.481 e. The third-order valence-corrected chi connectivity index (χ3v) is 2.98. The second-order valence-corrected chi connectivity index (χ2v) is 4.16. The van der Waals surface area contributed by atoms with Gasteiger partial charge >= 0.3 is 6.01 Å². The molecule has 0 amide bonds. The van der Waals surface area contributed by atoms with E-state index in [1.165, 1.54) is 5.56 Å². The maximum atomic E-state index is 5.33. The van der Waals surface area contributed by atoms with Crippen LogP contribution in [0.15, 0.2) is 30.3 Å². The molecule has 0 aliphatic carbocycles. The van der Waals surface area contributed by atoms with Crippen molar-refractivity contribution in [2.75, 3.05) is 14.2 Å². The fraction of sp³-hybridized carbons (Fsp3) is 0.333. The van der Waals surface area contributed by atoms with Crippen molar-refractivity contribution < 1.29 is 9.47 Å².